The summed E-state index contributed by atoms with van der Waals surface area (Å²) in [5, 5.41) is 3.96. The van der Waals surface area contributed by atoms with E-state index in [1.165, 1.54) is 11.3 Å². The van der Waals surface area contributed by atoms with Crippen molar-refractivity contribution in [3.05, 3.63) is 56.6 Å². The van der Waals surface area contributed by atoms with Crippen LogP contribution in [-0.2, 0) is 0 Å². The van der Waals surface area contributed by atoms with Gasteiger partial charge in [0, 0.05) is 9.13 Å². The predicted octanol–water partition coefficient (Wildman–Crippen LogP) is 4.81. The number of amides is 1. The minimum atomic E-state index is -0.206. The molecular weight excluding hydrogens is 407 g/mol. The summed E-state index contributed by atoms with van der Waals surface area (Å²) in [6.45, 7) is 0. The van der Waals surface area contributed by atoms with Gasteiger partial charge in [0.15, 0.2) is 5.13 Å². The summed E-state index contributed by atoms with van der Waals surface area (Å²) in [5.74, 6) is -0.206. The summed E-state index contributed by atoms with van der Waals surface area (Å²) in [6, 6.07) is 13.0. The van der Waals surface area contributed by atoms with Crippen LogP contribution in [0.15, 0.2) is 42.5 Å². The number of halogens is 2. The normalized spacial score (nSPS) is 10.7. The molecule has 6 heteroatoms. The zero-order valence-electron chi connectivity index (χ0n) is 10.1. The Balaban J connectivity index is 1.86. The average molecular weight is 415 g/mol. The summed E-state index contributed by atoms with van der Waals surface area (Å²) in [5.41, 5.74) is 1.41. The fraction of sp³-hybridized carbons (Fsp3) is 0. The Labute approximate surface area is 138 Å². The summed E-state index contributed by atoms with van der Waals surface area (Å²) in [7, 11) is 0. The van der Waals surface area contributed by atoms with Gasteiger partial charge >= 0.3 is 0 Å². The van der Waals surface area contributed by atoms with E-state index in [9.17, 15) is 4.79 Å². The van der Waals surface area contributed by atoms with E-state index < -0.39 is 0 Å². The monoisotopic (exact) mass is 414 g/mol. The van der Waals surface area contributed by atoms with Crippen molar-refractivity contribution in [3.8, 4) is 0 Å². The number of thiazole rings is 1. The molecule has 0 fully saturated rings. The van der Waals surface area contributed by atoms with E-state index in [0.717, 1.165) is 13.8 Å². The first-order valence-corrected chi connectivity index (χ1v) is 8.03. The molecule has 0 aliphatic rings. The molecule has 0 spiro atoms. The second kappa shape index (κ2) is 5.67. The van der Waals surface area contributed by atoms with Gasteiger partial charge < -0.3 is 0 Å². The second-order valence-corrected chi connectivity index (χ2v) is 6.67. The van der Waals surface area contributed by atoms with E-state index in [1.54, 1.807) is 12.1 Å². The summed E-state index contributed by atoms with van der Waals surface area (Å²) in [4.78, 5) is 16.5. The zero-order chi connectivity index (χ0) is 14.1. The molecule has 0 atom stereocenters. The number of anilines is 1. The van der Waals surface area contributed by atoms with Crippen LogP contribution in [0.3, 0.4) is 0 Å². The van der Waals surface area contributed by atoms with Gasteiger partial charge in [-0.25, -0.2) is 4.98 Å². The molecule has 1 heterocycles. The standard InChI is InChI=1S/C14H8ClIN2OS/c15-9-7-8(5-6-10(9)16)13(19)18-14-17-11-3-1-2-4-12(11)20-14/h1-7H,(H,17,18,19). The molecule has 0 saturated carbocycles. The maximum atomic E-state index is 12.1. The van der Waals surface area contributed by atoms with Crippen LogP contribution in [0.4, 0.5) is 5.13 Å². The van der Waals surface area contributed by atoms with Crippen molar-refractivity contribution in [3.63, 3.8) is 0 Å². The fourth-order valence-corrected chi connectivity index (χ4v) is 3.11. The maximum absolute atomic E-state index is 12.1. The molecule has 3 nitrogen and oxygen atoms in total. The lowest BCUT2D eigenvalue weighted by Gasteiger charge is -2.03. The van der Waals surface area contributed by atoms with Gasteiger partial charge in [0.2, 0.25) is 0 Å². The fourth-order valence-electron chi connectivity index (χ4n) is 1.73. The van der Waals surface area contributed by atoms with Crippen molar-refractivity contribution in [2.45, 2.75) is 0 Å². The van der Waals surface area contributed by atoms with E-state index in [-0.39, 0.29) is 5.91 Å². The average Bonchev–Trinajstić information content (AvgIpc) is 2.83. The van der Waals surface area contributed by atoms with Crippen LogP contribution >= 0.6 is 45.5 Å². The lowest BCUT2D eigenvalue weighted by atomic mass is 10.2. The molecule has 1 aromatic heterocycles. The molecule has 0 unspecified atom stereocenters. The molecule has 1 amide bonds. The van der Waals surface area contributed by atoms with Crippen molar-refractivity contribution >= 4 is 66.8 Å². The van der Waals surface area contributed by atoms with Gasteiger partial charge in [0.1, 0.15) is 0 Å². The van der Waals surface area contributed by atoms with Crippen LogP contribution in [-0.4, -0.2) is 10.9 Å². The van der Waals surface area contributed by atoms with E-state index in [4.69, 9.17) is 11.6 Å². The third kappa shape index (κ3) is 2.79. The number of nitrogens with zero attached hydrogens (tertiary/aromatic N) is 1. The predicted molar refractivity (Wildman–Crippen MR) is 91.7 cm³/mol. The van der Waals surface area contributed by atoms with Crippen LogP contribution in [0.2, 0.25) is 5.02 Å². The van der Waals surface area contributed by atoms with Gasteiger partial charge in [0.05, 0.1) is 15.2 Å². The molecule has 0 aliphatic heterocycles. The first-order chi connectivity index (χ1) is 9.63. The zero-order valence-corrected chi connectivity index (χ0v) is 13.8. The Bertz CT molecular complexity index is 770. The second-order valence-electron chi connectivity index (χ2n) is 4.07. The number of carbonyl (C=O) groups excluding carboxylic acids is 1. The Morgan fingerprint density at radius 2 is 2.05 bits per heavy atom. The quantitative estimate of drug-likeness (QED) is 0.612. The third-order valence-electron chi connectivity index (χ3n) is 2.70. The van der Waals surface area contributed by atoms with E-state index >= 15 is 0 Å². The minimum absolute atomic E-state index is 0.206. The minimum Gasteiger partial charge on any atom is -0.298 e. The highest BCUT2D eigenvalue weighted by Gasteiger charge is 2.11. The van der Waals surface area contributed by atoms with Crippen LogP contribution < -0.4 is 5.32 Å². The third-order valence-corrected chi connectivity index (χ3v) is 5.22. The number of benzene rings is 2. The van der Waals surface area contributed by atoms with Crippen molar-refractivity contribution < 1.29 is 4.79 Å². The number of carbonyl (C=O) groups is 1. The highest BCUT2D eigenvalue weighted by atomic mass is 127. The van der Waals surface area contributed by atoms with Crippen molar-refractivity contribution in [1.29, 1.82) is 0 Å². The van der Waals surface area contributed by atoms with Gasteiger partial charge in [-0.3, -0.25) is 10.1 Å². The van der Waals surface area contributed by atoms with E-state index in [2.05, 4.69) is 32.9 Å². The smallest absolute Gasteiger partial charge is 0.257 e. The summed E-state index contributed by atoms with van der Waals surface area (Å²) in [6.07, 6.45) is 0. The maximum Gasteiger partial charge on any atom is 0.257 e. The molecule has 100 valence electrons. The lowest BCUT2D eigenvalue weighted by Crippen LogP contribution is -2.11. The first-order valence-electron chi connectivity index (χ1n) is 5.75. The first kappa shape index (κ1) is 13.8. The highest BCUT2D eigenvalue weighted by Crippen LogP contribution is 2.26. The number of hydrogen-bond acceptors (Lipinski definition) is 3. The molecule has 3 rings (SSSR count). The molecule has 0 aliphatic carbocycles. The Hall–Kier alpha value is -1.18. The molecular formula is C14H8ClIN2OS. The van der Waals surface area contributed by atoms with Crippen LogP contribution in [0.25, 0.3) is 10.2 Å². The molecule has 3 aromatic rings. The van der Waals surface area contributed by atoms with Crippen LogP contribution in [0.5, 0.6) is 0 Å². The van der Waals surface area contributed by atoms with Gasteiger partial charge in [-0.15, -0.1) is 0 Å². The van der Waals surface area contributed by atoms with Gasteiger partial charge in [-0.2, -0.15) is 0 Å². The highest BCUT2D eigenvalue weighted by molar-refractivity contribution is 14.1. The SMILES string of the molecule is O=C(Nc1nc2ccccc2s1)c1ccc(I)c(Cl)c1. The summed E-state index contributed by atoms with van der Waals surface area (Å²) >= 11 is 9.60. The number of fused-ring (bicyclic) bond motifs is 1. The van der Waals surface area contributed by atoms with Crippen molar-refractivity contribution in [1.82, 2.24) is 4.98 Å². The molecule has 1 N–H and O–H groups in total. The molecule has 0 radical (unpaired) electrons. The lowest BCUT2D eigenvalue weighted by molar-refractivity contribution is 0.102. The van der Waals surface area contributed by atoms with Crippen LogP contribution in [0.1, 0.15) is 10.4 Å². The Morgan fingerprint density at radius 1 is 1.25 bits per heavy atom. The van der Waals surface area contributed by atoms with E-state index in [1.807, 2.05) is 30.3 Å². The number of hydrogen-bond donors (Lipinski definition) is 1. The van der Waals surface area contributed by atoms with Gasteiger partial charge in [-0.1, -0.05) is 35.1 Å². The molecule has 20 heavy (non-hydrogen) atoms. The molecule has 0 saturated heterocycles. The Kier molecular flexibility index (Phi) is 3.91. The van der Waals surface area contributed by atoms with Crippen molar-refractivity contribution in [2.75, 3.05) is 5.32 Å². The summed E-state index contributed by atoms with van der Waals surface area (Å²) < 4.78 is 1.96. The molecule has 2 aromatic carbocycles. The van der Waals surface area contributed by atoms with Crippen molar-refractivity contribution in [2.24, 2.45) is 0 Å². The number of nitrogens with one attached hydrogen (secondary N) is 1. The number of para-hydroxylation sites is 1. The van der Waals surface area contributed by atoms with E-state index in [0.29, 0.717) is 15.7 Å². The molecule has 0 bridgehead atoms. The topological polar surface area (TPSA) is 42.0 Å². The number of rotatable bonds is 2. The largest absolute Gasteiger partial charge is 0.298 e. The number of aromatic nitrogens is 1. The van der Waals surface area contributed by atoms with Gasteiger partial charge in [-0.05, 0) is 52.9 Å². The van der Waals surface area contributed by atoms with Gasteiger partial charge in [0.25, 0.3) is 5.91 Å². The Morgan fingerprint density at radius 3 is 2.80 bits per heavy atom. The van der Waals surface area contributed by atoms with Crippen LogP contribution in [0, 0.1) is 3.57 Å².